The van der Waals surface area contributed by atoms with Crippen LogP contribution >= 0.6 is 27.7 Å². The number of nitrogens with zero attached hydrogens (tertiary/aromatic N) is 4. The minimum absolute atomic E-state index is 0.284. The lowest BCUT2D eigenvalue weighted by atomic mass is 10.1. The second-order valence-electron chi connectivity index (χ2n) is 8.81. The van der Waals surface area contributed by atoms with Crippen LogP contribution in [0.15, 0.2) is 70.3 Å². The third kappa shape index (κ3) is 6.73. The van der Waals surface area contributed by atoms with Gasteiger partial charge < -0.3 is 9.47 Å². The Kier molecular flexibility index (Phi) is 9.06. The Bertz CT molecular complexity index is 1430. The Morgan fingerprint density at radius 3 is 2.42 bits per heavy atom. The van der Waals surface area contributed by atoms with E-state index in [1.807, 2.05) is 66.9 Å². The molecule has 0 aliphatic carbocycles. The lowest BCUT2D eigenvalue weighted by molar-refractivity contribution is -0.479. The third-order valence-electron chi connectivity index (χ3n) is 6.05. The fourth-order valence-electron chi connectivity index (χ4n) is 3.91. The highest BCUT2D eigenvalue weighted by molar-refractivity contribution is 9.10. The Hall–Kier alpha value is -3.37. The number of aryl methyl sites for hydroxylation is 3. The summed E-state index contributed by atoms with van der Waals surface area (Å²) in [7, 11) is 0. The normalized spacial score (nSPS) is 11.8. The van der Waals surface area contributed by atoms with Crippen molar-refractivity contribution in [1.29, 1.82) is 0 Å². The van der Waals surface area contributed by atoms with E-state index in [2.05, 4.69) is 52.1 Å². The molecule has 0 N–H and O–H groups in total. The number of hydrogen-bond acceptors (Lipinski definition) is 7. The van der Waals surface area contributed by atoms with E-state index >= 15 is 0 Å². The van der Waals surface area contributed by atoms with Gasteiger partial charge in [-0.3, -0.25) is 14.7 Å². The molecule has 1 heterocycles. The van der Waals surface area contributed by atoms with Gasteiger partial charge in [0.2, 0.25) is 6.54 Å². The molecule has 38 heavy (non-hydrogen) atoms. The second-order valence-corrected chi connectivity index (χ2v) is 10.9. The minimum atomic E-state index is -0.515. The Labute approximate surface area is 234 Å². The van der Waals surface area contributed by atoms with Crippen LogP contribution in [0, 0.1) is 30.9 Å². The Balaban J connectivity index is 1.63. The molecular weight excluding hydrogens is 568 g/mol. The molecule has 8 nitrogen and oxygen atoms in total. The fraction of sp³-hybridized carbons (Fsp3) is 0.286. The first kappa shape index (κ1) is 27.7. The molecule has 0 saturated carbocycles. The van der Waals surface area contributed by atoms with Crippen molar-refractivity contribution in [2.75, 3.05) is 13.2 Å². The van der Waals surface area contributed by atoms with Crippen LogP contribution < -0.4 is 9.47 Å². The van der Waals surface area contributed by atoms with Gasteiger partial charge in [0.15, 0.2) is 16.7 Å². The van der Waals surface area contributed by atoms with Crippen molar-refractivity contribution < 1.29 is 14.4 Å². The summed E-state index contributed by atoms with van der Waals surface area (Å²) in [5.41, 5.74) is 5.02. The summed E-state index contributed by atoms with van der Waals surface area (Å²) in [4.78, 5) is 11.4. The van der Waals surface area contributed by atoms with Crippen LogP contribution in [0.5, 0.6) is 11.5 Å². The number of nitro groups is 1. The van der Waals surface area contributed by atoms with Crippen LogP contribution in [0.3, 0.4) is 0 Å². The second kappa shape index (κ2) is 12.4. The molecule has 10 heteroatoms. The topological polar surface area (TPSA) is 92.3 Å². The summed E-state index contributed by atoms with van der Waals surface area (Å²) in [5.74, 6) is 1.84. The molecular formula is C28H29BrN4O4S. The molecule has 0 bridgehead atoms. The van der Waals surface area contributed by atoms with Crippen LogP contribution in [0.4, 0.5) is 0 Å². The number of rotatable bonds is 11. The molecule has 0 aliphatic heterocycles. The zero-order valence-electron chi connectivity index (χ0n) is 21.7. The SMILES string of the molecule is CCOc1cc([C@@H](C[N+](=O)[O-])Sc2nnc(C)n2-c2ccc(C)c(C)c2)ccc1OCc1ccc(Br)cc1. The van der Waals surface area contributed by atoms with E-state index in [1.165, 1.54) is 17.3 Å². The molecule has 3 aromatic carbocycles. The molecule has 198 valence electrons. The van der Waals surface area contributed by atoms with E-state index in [9.17, 15) is 10.1 Å². The lowest BCUT2D eigenvalue weighted by Crippen LogP contribution is -2.12. The molecule has 0 aliphatic rings. The Morgan fingerprint density at radius 2 is 1.74 bits per heavy atom. The quantitative estimate of drug-likeness (QED) is 0.104. The molecule has 0 radical (unpaired) electrons. The summed E-state index contributed by atoms with van der Waals surface area (Å²) in [6.07, 6.45) is 0. The lowest BCUT2D eigenvalue weighted by Gasteiger charge is -2.18. The van der Waals surface area contributed by atoms with E-state index < -0.39 is 5.25 Å². The van der Waals surface area contributed by atoms with Crippen molar-refractivity contribution in [3.8, 4) is 17.2 Å². The molecule has 1 atom stereocenters. The van der Waals surface area contributed by atoms with Gasteiger partial charge >= 0.3 is 0 Å². The summed E-state index contributed by atoms with van der Waals surface area (Å²) in [6.45, 7) is 8.40. The molecule has 0 saturated heterocycles. The maximum Gasteiger partial charge on any atom is 0.220 e. The van der Waals surface area contributed by atoms with Crippen molar-refractivity contribution in [3.63, 3.8) is 0 Å². The highest BCUT2D eigenvalue weighted by Gasteiger charge is 2.25. The first-order chi connectivity index (χ1) is 18.2. The van der Waals surface area contributed by atoms with Crippen LogP contribution in [0.2, 0.25) is 0 Å². The number of ether oxygens (including phenoxy) is 2. The molecule has 0 amide bonds. The third-order valence-corrected chi connectivity index (χ3v) is 7.76. The number of benzene rings is 3. The van der Waals surface area contributed by atoms with E-state index in [0.717, 1.165) is 26.9 Å². The zero-order chi connectivity index (χ0) is 27.2. The monoisotopic (exact) mass is 596 g/mol. The van der Waals surface area contributed by atoms with Gasteiger partial charge in [-0.25, -0.2) is 0 Å². The molecule has 1 aromatic heterocycles. The summed E-state index contributed by atoms with van der Waals surface area (Å²) in [6, 6.07) is 19.5. The van der Waals surface area contributed by atoms with Gasteiger partial charge in [0.1, 0.15) is 17.7 Å². The van der Waals surface area contributed by atoms with E-state index in [1.54, 1.807) is 0 Å². The van der Waals surface area contributed by atoms with Crippen LogP contribution in [-0.4, -0.2) is 32.8 Å². The number of halogens is 1. The summed E-state index contributed by atoms with van der Waals surface area (Å²) >= 11 is 4.75. The maximum absolute atomic E-state index is 11.7. The van der Waals surface area contributed by atoms with E-state index in [-0.39, 0.29) is 11.5 Å². The predicted molar refractivity (Wildman–Crippen MR) is 152 cm³/mol. The van der Waals surface area contributed by atoms with Gasteiger partial charge in [0, 0.05) is 15.1 Å². The van der Waals surface area contributed by atoms with Gasteiger partial charge in [-0.1, -0.05) is 52.0 Å². The maximum atomic E-state index is 11.7. The number of aromatic nitrogens is 3. The van der Waals surface area contributed by atoms with Gasteiger partial charge in [-0.15, -0.1) is 10.2 Å². The van der Waals surface area contributed by atoms with Crippen LogP contribution in [0.1, 0.15) is 40.3 Å². The number of hydrogen-bond donors (Lipinski definition) is 0. The van der Waals surface area contributed by atoms with Gasteiger partial charge in [-0.2, -0.15) is 0 Å². The largest absolute Gasteiger partial charge is 0.490 e. The fourth-order valence-corrected chi connectivity index (χ4v) is 5.34. The zero-order valence-corrected chi connectivity index (χ0v) is 24.1. The highest BCUT2D eigenvalue weighted by Crippen LogP contribution is 2.40. The van der Waals surface area contributed by atoms with Crippen molar-refractivity contribution in [1.82, 2.24) is 14.8 Å². The molecule has 4 aromatic rings. The predicted octanol–water partition coefficient (Wildman–Crippen LogP) is 7.04. The summed E-state index contributed by atoms with van der Waals surface area (Å²) in [5, 5.41) is 20.4. The van der Waals surface area contributed by atoms with E-state index in [4.69, 9.17) is 9.47 Å². The molecule has 4 rings (SSSR count). The smallest absolute Gasteiger partial charge is 0.220 e. The van der Waals surface area contributed by atoms with Crippen LogP contribution in [0.25, 0.3) is 5.69 Å². The molecule has 0 fully saturated rings. The van der Waals surface area contributed by atoms with Gasteiger partial charge in [-0.05, 0) is 86.3 Å². The standard InChI is InChI=1S/C28H29BrN4O4S/c1-5-36-26-15-22(9-13-25(26)37-17-21-7-10-23(29)11-8-21)27(16-32(34)35)38-28-31-30-20(4)33(28)24-12-6-18(2)19(3)14-24/h6-15,27H,5,16-17H2,1-4H3/t27-/m1/s1. The first-order valence-electron chi connectivity index (χ1n) is 12.2. The average Bonchev–Trinajstić information content (AvgIpc) is 3.25. The van der Waals surface area contributed by atoms with Gasteiger partial charge in [0.25, 0.3) is 0 Å². The number of thioether (sulfide) groups is 1. The average molecular weight is 598 g/mol. The van der Waals surface area contributed by atoms with Crippen molar-refractivity contribution >= 4 is 27.7 Å². The summed E-state index contributed by atoms with van der Waals surface area (Å²) < 4.78 is 14.8. The minimum Gasteiger partial charge on any atom is -0.490 e. The van der Waals surface area contributed by atoms with E-state index in [0.29, 0.717) is 35.7 Å². The first-order valence-corrected chi connectivity index (χ1v) is 13.8. The molecule has 0 spiro atoms. The van der Waals surface area contributed by atoms with Crippen LogP contribution in [-0.2, 0) is 6.61 Å². The van der Waals surface area contributed by atoms with Crippen molar-refractivity contribution in [2.24, 2.45) is 0 Å². The van der Waals surface area contributed by atoms with Gasteiger partial charge in [0.05, 0.1) is 6.61 Å². The van der Waals surface area contributed by atoms with Crippen molar-refractivity contribution in [2.45, 2.75) is 44.7 Å². The highest BCUT2D eigenvalue weighted by atomic mass is 79.9. The molecule has 0 unspecified atom stereocenters. The Morgan fingerprint density at radius 1 is 0.974 bits per heavy atom. The van der Waals surface area contributed by atoms with Crippen molar-refractivity contribution in [3.05, 3.63) is 103 Å².